The lowest BCUT2D eigenvalue weighted by Gasteiger charge is -2.35. The van der Waals surface area contributed by atoms with E-state index in [2.05, 4.69) is 24.5 Å². The fourth-order valence-electron chi connectivity index (χ4n) is 3.52. The minimum atomic E-state index is -0.142. The molecule has 1 fully saturated rings. The average Bonchev–Trinajstić information content (AvgIpc) is 2.53. The Bertz CT molecular complexity index is 606. The maximum atomic E-state index is 12.3. The van der Waals surface area contributed by atoms with Crippen LogP contribution in [0.4, 0.5) is 4.79 Å². The standard InChI is InChI=1S/C18H25ClN2O3/c1-18(2)10-12(6-9-24-18)11-20-17(22)21-15-7-8-23-16-13(15)4-3-5-14(16)19/h3-5,12,15H,6-11H2,1-2H3,(H2,20,21,22). The van der Waals surface area contributed by atoms with Crippen LogP contribution >= 0.6 is 11.6 Å². The minimum Gasteiger partial charge on any atom is -0.492 e. The van der Waals surface area contributed by atoms with Crippen LogP contribution in [0.15, 0.2) is 18.2 Å². The zero-order valence-corrected chi connectivity index (χ0v) is 15.0. The van der Waals surface area contributed by atoms with Crippen LogP contribution in [-0.2, 0) is 4.74 Å². The molecule has 1 aromatic rings. The summed E-state index contributed by atoms with van der Waals surface area (Å²) in [6.07, 6.45) is 2.69. The fraction of sp³-hybridized carbons (Fsp3) is 0.611. The zero-order chi connectivity index (χ0) is 17.2. The molecule has 2 unspecified atom stereocenters. The second-order valence-corrected chi connectivity index (χ2v) is 7.58. The Morgan fingerprint density at radius 3 is 2.96 bits per heavy atom. The van der Waals surface area contributed by atoms with Gasteiger partial charge >= 0.3 is 6.03 Å². The van der Waals surface area contributed by atoms with Crippen molar-refractivity contribution in [2.45, 2.75) is 44.8 Å². The Hall–Kier alpha value is -1.46. The molecule has 24 heavy (non-hydrogen) atoms. The van der Waals surface area contributed by atoms with Gasteiger partial charge in [0, 0.05) is 25.1 Å². The van der Waals surface area contributed by atoms with Crippen molar-refractivity contribution in [1.29, 1.82) is 0 Å². The molecule has 0 bridgehead atoms. The van der Waals surface area contributed by atoms with E-state index in [-0.39, 0.29) is 17.7 Å². The molecule has 1 saturated heterocycles. The predicted molar refractivity (Wildman–Crippen MR) is 93.6 cm³/mol. The Kier molecular flexibility index (Phi) is 5.21. The van der Waals surface area contributed by atoms with E-state index in [1.807, 2.05) is 12.1 Å². The van der Waals surface area contributed by atoms with Crippen LogP contribution in [0.3, 0.4) is 0 Å². The number of hydrogen-bond acceptors (Lipinski definition) is 3. The first kappa shape index (κ1) is 17.4. The van der Waals surface area contributed by atoms with Crippen molar-refractivity contribution in [2.75, 3.05) is 19.8 Å². The lowest BCUT2D eigenvalue weighted by atomic mass is 9.88. The SMILES string of the molecule is CC1(C)CC(CNC(=O)NC2CCOc3c(Cl)cccc32)CCO1. The first-order valence-corrected chi connectivity index (χ1v) is 8.92. The molecule has 2 atom stereocenters. The van der Waals surface area contributed by atoms with E-state index in [0.717, 1.165) is 31.4 Å². The minimum absolute atomic E-state index is 0.0708. The van der Waals surface area contributed by atoms with Crippen LogP contribution in [0.25, 0.3) is 0 Å². The van der Waals surface area contributed by atoms with E-state index in [1.165, 1.54) is 0 Å². The summed E-state index contributed by atoms with van der Waals surface area (Å²) in [5.74, 6) is 1.14. The molecule has 6 heteroatoms. The number of amides is 2. The summed E-state index contributed by atoms with van der Waals surface area (Å²) in [6, 6.07) is 5.42. The van der Waals surface area contributed by atoms with Gasteiger partial charge in [-0.2, -0.15) is 0 Å². The third-order valence-corrected chi connectivity index (χ3v) is 4.98. The first-order valence-electron chi connectivity index (χ1n) is 8.54. The molecule has 1 aromatic carbocycles. The molecule has 0 radical (unpaired) electrons. The monoisotopic (exact) mass is 352 g/mol. The molecular formula is C18H25ClN2O3. The predicted octanol–water partition coefficient (Wildman–Crippen LogP) is 3.67. The second-order valence-electron chi connectivity index (χ2n) is 7.17. The number of nitrogens with one attached hydrogen (secondary N) is 2. The molecule has 2 N–H and O–H groups in total. The van der Waals surface area contributed by atoms with Gasteiger partial charge in [0.25, 0.3) is 0 Å². The lowest BCUT2D eigenvalue weighted by Crippen LogP contribution is -2.44. The number of ether oxygens (including phenoxy) is 2. The van der Waals surface area contributed by atoms with Crippen molar-refractivity contribution in [3.05, 3.63) is 28.8 Å². The van der Waals surface area contributed by atoms with E-state index in [0.29, 0.717) is 29.8 Å². The van der Waals surface area contributed by atoms with Gasteiger partial charge in [-0.3, -0.25) is 0 Å². The van der Waals surface area contributed by atoms with Crippen molar-refractivity contribution in [1.82, 2.24) is 10.6 Å². The average molecular weight is 353 g/mol. The van der Waals surface area contributed by atoms with Gasteiger partial charge in [-0.15, -0.1) is 0 Å². The third-order valence-electron chi connectivity index (χ3n) is 4.68. The van der Waals surface area contributed by atoms with E-state index in [9.17, 15) is 4.79 Å². The number of carbonyl (C=O) groups excluding carboxylic acids is 1. The van der Waals surface area contributed by atoms with Crippen LogP contribution < -0.4 is 15.4 Å². The van der Waals surface area contributed by atoms with Crippen molar-refractivity contribution in [3.63, 3.8) is 0 Å². The highest BCUT2D eigenvalue weighted by atomic mass is 35.5. The maximum absolute atomic E-state index is 12.3. The van der Waals surface area contributed by atoms with Gasteiger partial charge in [0.05, 0.1) is 23.3 Å². The van der Waals surface area contributed by atoms with Crippen molar-refractivity contribution >= 4 is 17.6 Å². The molecule has 0 aromatic heterocycles. The van der Waals surface area contributed by atoms with Gasteiger partial charge in [0.15, 0.2) is 0 Å². The highest BCUT2D eigenvalue weighted by molar-refractivity contribution is 6.32. The van der Waals surface area contributed by atoms with Gasteiger partial charge in [0.2, 0.25) is 0 Å². The highest BCUT2D eigenvalue weighted by Gasteiger charge is 2.29. The van der Waals surface area contributed by atoms with E-state index in [4.69, 9.17) is 21.1 Å². The number of benzene rings is 1. The Labute approximate surface area is 148 Å². The summed E-state index contributed by atoms with van der Waals surface area (Å²) < 4.78 is 11.3. The first-order chi connectivity index (χ1) is 11.4. The van der Waals surface area contributed by atoms with E-state index < -0.39 is 0 Å². The number of rotatable bonds is 3. The Balaban J connectivity index is 1.54. The smallest absolute Gasteiger partial charge is 0.315 e. The molecule has 3 rings (SSSR count). The van der Waals surface area contributed by atoms with Gasteiger partial charge in [0.1, 0.15) is 5.75 Å². The lowest BCUT2D eigenvalue weighted by molar-refractivity contribution is -0.0714. The molecule has 2 aliphatic heterocycles. The van der Waals surface area contributed by atoms with Gasteiger partial charge in [-0.25, -0.2) is 4.79 Å². The number of carbonyl (C=O) groups is 1. The molecule has 2 aliphatic rings. The summed E-state index contributed by atoms with van der Waals surface area (Å²) in [7, 11) is 0. The van der Waals surface area contributed by atoms with Crippen molar-refractivity contribution < 1.29 is 14.3 Å². The summed E-state index contributed by atoms with van der Waals surface area (Å²) in [5.41, 5.74) is 0.841. The highest BCUT2D eigenvalue weighted by Crippen LogP contribution is 2.37. The van der Waals surface area contributed by atoms with E-state index >= 15 is 0 Å². The van der Waals surface area contributed by atoms with Crippen molar-refractivity contribution in [2.24, 2.45) is 5.92 Å². The maximum Gasteiger partial charge on any atom is 0.315 e. The van der Waals surface area contributed by atoms with Crippen molar-refractivity contribution in [3.8, 4) is 5.75 Å². The van der Waals surface area contributed by atoms with Crippen LogP contribution in [0.2, 0.25) is 5.02 Å². The topological polar surface area (TPSA) is 59.6 Å². The quantitative estimate of drug-likeness (QED) is 0.872. The van der Waals surface area contributed by atoms with Crippen LogP contribution in [0.5, 0.6) is 5.75 Å². The Morgan fingerprint density at radius 1 is 1.33 bits per heavy atom. The second kappa shape index (κ2) is 7.19. The van der Waals surface area contributed by atoms with Gasteiger partial charge < -0.3 is 20.1 Å². The summed E-state index contributed by atoms with van der Waals surface area (Å²) >= 11 is 6.17. The normalized spacial score (nSPS) is 25.3. The molecule has 132 valence electrons. The number of urea groups is 1. The summed E-state index contributed by atoms with van der Waals surface area (Å²) in [5, 5.41) is 6.63. The van der Waals surface area contributed by atoms with Crippen LogP contribution in [0.1, 0.15) is 44.7 Å². The van der Waals surface area contributed by atoms with Gasteiger partial charge in [-0.1, -0.05) is 23.7 Å². The number of halogens is 1. The van der Waals surface area contributed by atoms with Crippen LogP contribution in [-0.4, -0.2) is 31.4 Å². The number of hydrogen-bond donors (Lipinski definition) is 2. The summed E-state index contributed by atoms with van der Waals surface area (Å²) in [4.78, 5) is 12.3. The molecule has 0 aliphatic carbocycles. The number of para-hydroxylation sites is 1. The van der Waals surface area contributed by atoms with Gasteiger partial charge in [-0.05, 0) is 38.7 Å². The summed E-state index contributed by atoms with van der Waals surface area (Å²) in [6.45, 7) is 6.18. The number of fused-ring (bicyclic) bond motifs is 1. The molecule has 5 nitrogen and oxygen atoms in total. The molecular weight excluding hydrogens is 328 g/mol. The third kappa shape index (κ3) is 4.14. The molecule has 0 spiro atoms. The molecule has 2 amide bonds. The molecule has 0 saturated carbocycles. The Morgan fingerprint density at radius 2 is 2.17 bits per heavy atom. The largest absolute Gasteiger partial charge is 0.492 e. The van der Waals surface area contributed by atoms with E-state index in [1.54, 1.807) is 6.07 Å². The zero-order valence-electron chi connectivity index (χ0n) is 14.2. The van der Waals surface area contributed by atoms with Crippen LogP contribution in [0, 0.1) is 5.92 Å². The molecule has 2 heterocycles. The fourth-order valence-corrected chi connectivity index (χ4v) is 3.75.